The van der Waals surface area contributed by atoms with E-state index in [1.807, 2.05) is 24.3 Å². The van der Waals surface area contributed by atoms with Crippen molar-refractivity contribution < 1.29 is 13.2 Å². The molecule has 110 valence electrons. The number of carbonyl (C=O) groups is 1. The number of carbonyl (C=O) groups excluding carboxylic acids is 1. The Labute approximate surface area is 132 Å². The zero-order chi connectivity index (χ0) is 15.5. The van der Waals surface area contributed by atoms with Gasteiger partial charge in [0.2, 0.25) is 0 Å². The van der Waals surface area contributed by atoms with E-state index in [1.54, 1.807) is 0 Å². The largest absolute Gasteiger partial charge is 0.322 e. The van der Waals surface area contributed by atoms with Gasteiger partial charge in [-0.05, 0) is 35.9 Å². The number of hydrogen-bond acceptors (Lipinski definition) is 3. The summed E-state index contributed by atoms with van der Waals surface area (Å²) in [5, 5.41) is 3.45. The van der Waals surface area contributed by atoms with E-state index >= 15 is 0 Å². The standard InChI is InChI=1S/C15H14BrNO3S/c1-21(19,20)13-8-6-11(7-9-13)15(18)17-14-5-3-2-4-12(14)10-16/h2-9H,10H2,1H3,(H,17,18). The molecule has 0 saturated heterocycles. The zero-order valence-corrected chi connectivity index (χ0v) is 13.7. The van der Waals surface area contributed by atoms with Gasteiger partial charge in [-0.25, -0.2) is 8.42 Å². The van der Waals surface area contributed by atoms with E-state index in [4.69, 9.17) is 0 Å². The van der Waals surface area contributed by atoms with E-state index in [1.165, 1.54) is 24.3 Å². The summed E-state index contributed by atoms with van der Waals surface area (Å²) in [5.41, 5.74) is 2.11. The third-order valence-corrected chi connectivity index (χ3v) is 4.69. The van der Waals surface area contributed by atoms with Gasteiger partial charge in [-0.2, -0.15) is 0 Å². The third-order valence-electron chi connectivity index (χ3n) is 2.95. The summed E-state index contributed by atoms with van der Waals surface area (Å²) in [4.78, 5) is 12.4. The average Bonchev–Trinajstić information content (AvgIpc) is 2.47. The second-order valence-corrected chi connectivity index (χ2v) is 7.12. The average molecular weight is 368 g/mol. The molecule has 0 aromatic heterocycles. The molecule has 0 aliphatic carbocycles. The molecule has 2 rings (SSSR count). The Kier molecular flexibility index (Phi) is 4.80. The van der Waals surface area contributed by atoms with Crippen LogP contribution in [-0.2, 0) is 15.2 Å². The van der Waals surface area contributed by atoms with Crippen LogP contribution in [-0.4, -0.2) is 20.6 Å². The minimum Gasteiger partial charge on any atom is -0.322 e. The zero-order valence-electron chi connectivity index (χ0n) is 11.3. The lowest BCUT2D eigenvalue weighted by atomic mass is 10.1. The van der Waals surface area contributed by atoms with Gasteiger partial charge in [-0.15, -0.1) is 0 Å². The fraction of sp³-hybridized carbons (Fsp3) is 0.133. The monoisotopic (exact) mass is 367 g/mol. The van der Waals surface area contributed by atoms with Gasteiger partial charge in [-0.3, -0.25) is 4.79 Å². The molecule has 6 heteroatoms. The summed E-state index contributed by atoms with van der Waals surface area (Å²) >= 11 is 3.37. The molecule has 0 aliphatic rings. The first kappa shape index (κ1) is 15.7. The SMILES string of the molecule is CS(=O)(=O)c1ccc(C(=O)Nc2ccccc2CBr)cc1. The van der Waals surface area contributed by atoms with Crippen LogP contribution >= 0.6 is 15.9 Å². The maximum atomic E-state index is 12.2. The summed E-state index contributed by atoms with van der Waals surface area (Å²) in [6, 6.07) is 13.3. The quantitative estimate of drug-likeness (QED) is 0.843. The second kappa shape index (κ2) is 6.41. The summed E-state index contributed by atoms with van der Waals surface area (Å²) in [7, 11) is -3.25. The van der Waals surface area contributed by atoms with Crippen molar-refractivity contribution in [2.75, 3.05) is 11.6 Å². The minimum atomic E-state index is -3.25. The highest BCUT2D eigenvalue weighted by Crippen LogP contribution is 2.19. The lowest BCUT2D eigenvalue weighted by Crippen LogP contribution is -2.13. The van der Waals surface area contributed by atoms with Crippen LogP contribution in [0.1, 0.15) is 15.9 Å². The van der Waals surface area contributed by atoms with Gasteiger partial charge >= 0.3 is 0 Å². The van der Waals surface area contributed by atoms with Crippen molar-refractivity contribution in [2.45, 2.75) is 10.2 Å². The van der Waals surface area contributed by atoms with E-state index in [0.29, 0.717) is 10.9 Å². The number of benzene rings is 2. The van der Waals surface area contributed by atoms with Gasteiger partial charge in [0.25, 0.3) is 5.91 Å². The van der Waals surface area contributed by atoms with Gasteiger partial charge in [0, 0.05) is 22.8 Å². The van der Waals surface area contributed by atoms with Crippen LogP contribution < -0.4 is 5.32 Å². The molecule has 0 spiro atoms. The van der Waals surface area contributed by atoms with Crippen LogP contribution in [0.25, 0.3) is 0 Å². The lowest BCUT2D eigenvalue weighted by Gasteiger charge is -2.09. The first-order valence-electron chi connectivity index (χ1n) is 6.17. The molecule has 0 radical (unpaired) electrons. The topological polar surface area (TPSA) is 63.2 Å². The first-order valence-corrected chi connectivity index (χ1v) is 9.18. The molecule has 1 N–H and O–H groups in total. The molecule has 4 nitrogen and oxygen atoms in total. The van der Waals surface area contributed by atoms with E-state index in [-0.39, 0.29) is 10.8 Å². The van der Waals surface area contributed by atoms with Crippen LogP contribution in [0.5, 0.6) is 0 Å². The van der Waals surface area contributed by atoms with Crippen molar-refractivity contribution in [3.05, 3.63) is 59.7 Å². The van der Waals surface area contributed by atoms with Crippen LogP contribution in [0.2, 0.25) is 0 Å². The normalized spacial score (nSPS) is 11.1. The molecule has 0 aliphatic heterocycles. The number of hydrogen-bond donors (Lipinski definition) is 1. The summed E-state index contributed by atoms with van der Waals surface area (Å²) < 4.78 is 22.8. The molecule has 0 saturated carbocycles. The molecule has 2 aromatic carbocycles. The number of rotatable bonds is 4. The van der Waals surface area contributed by atoms with E-state index in [9.17, 15) is 13.2 Å². The lowest BCUT2D eigenvalue weighted by molar-refractivity contribution is 0.102. The van der Waals surface area contributed by atoms with Crippen molar-refractivity contribution in [3.63, 3.8) is 0 Å². The Morgan fingerprint density at radius 2 is 1.71 bits per heavy atom. The molecule has 0 atom stereocenters. The van der Waals surface area contributed by atoms with Crippen molar-refractivity contribution in [2.24, 2.45) is 0 Å². The Balaban J connectivity index is 2.21. The molecular formula is C15H14BrNO3S. The molecule has 0 bridgehead atoms. The highest BCUT2D eigenvalue weighted by molar-refractivity contribution is 9.08. The van der Waals surface area contributed by atoms with Crippen molar-refractivity contribution in [3.8, 4) is 0 Å². The highest BCUT2D eigenvalue weighted by atomic mass is 79.9. The van der Waals surface area contributed by atoms with Crippen molar-refractivity contribution in [1.82, 2.24) is 0 Å². The molecular weight excluding hydrogens is 354 g/mol. The maximum absolute atomic E-state index is 12.2. The van der Waals surface area contributed by atoms with Gasteiger partial charge in [0.15, 0.2) is 9.84 Å². The fourth-order valence-corrected chi connectivity index (χ4v) is 2.93. The van der Waals surface area contributed by atoms with Crippen LogP contribution in [0.4, 0.5) is 5.69 Å². The molecule has 0 fully saturated rings. The van der Waals surface area contributed by atoms with E-state index in [2.05, 4.69) is 21.2 Å². The predicted molar refractivity (Wildman–Crippen MR) is 86.6 cm³/mol. The minimum absolute atomic E-state index is 0.194. The highest BCUT2D eigenvalue weighted by Gasteiger charge is 2.11. The molecule has 2 aromatic rings. The van der Waals surface area contributed by atoms with Gasteiger partial charge < -0.3 is 5.32 Å². The summed E-state index contributed by atoms with van der Waals surface area (Å²) in [6.07, 6.45) is 1.13. The van der Waals surface area contributed by atoms with E-state index < -0.39 is 9.84 Å². The van der Waals surface area contributed by atoms with Crippen molar-refractivity contribution in [1.29, 1.82) is 0 Å². The Bertz CT molecular complexity index is 755. The Morgan fingerprint density at radius 3 is 2.29 bits per heavy atom. The molecule has 0 unspecified atom stereocenters. The van der Waals surface area contributed by atoms with Gasteiger partial charge in [0.1, 0.15) is 0 Å². The second-order valence-electron chi connectivity index (χ2n) is 4.54. The number of halogens is 1. The van der Waals surface area contributed by atoms with Crippen LogP contribution in [0, 0.1) is 0 Å². The fourth-order valence-electron chi connectivity index (χ4n) is 1.81. The number of anilines is 1. The smallest absolute Gasteiger partial charge is 0.255 e. The molecule has 21 heavy (non-hydrogen) atoms. The van der Waals surface area contributed by atoms with Crippen LogP contribution in [0.3, 0.4) is 0 Å². The van der Waals surface area contributed by atoms with Crippen LogP contribution in [0.15, 0.2) is 53.4 Å². The molecule has 1 amide bonds. The summed E-state index contributed by atoms with van der Waals surface area (Å²) in [5.74, 6) is -0.275. The molecule has 0 heterocycles. The van der Waals surface area contributed by atoms with Gasteiger partial charge in [0.05, 0.1) is 4.90 Å². The Morgan fingerprint density at radius 1 is 1.10 bits per heavy atom. The number of amides is 1. The van der Waals surface area contributed by atoms with Crippen molar-refractivity contribution >= 4 is 37.4 Å². The predicted octanol–water partition coefficient (Wildman–Crippen LogP) is 3.24. The number of para-hydroxylation sites is 1. The summed E-state index contributed by atoms with van der Waals surface area (Å²) in [6.45, 7) is 0. The number of nitrogens with one attached hydrogen (secondary N) is 1. The van der Waals surface area contributed by atoms with Gasteiger partial charge in [-0.1, -0.05) is 34.1 Å². The first-order chi connectivity index (χ1) is 9.91. The van der Waals surface area contributed by atoms with E-state index in [0.717, 1.165) is 17.5 Å². The number of alkyl halides is 1. The third kappa shape index (κ3) is 3.92. The number of sulfone groups is 1. The maximum Gasteiger partial charge on any atom is 0.255 e. The Hall–Kier alpha value is -1.66.